The van der Waals surface area contributed by atoms with Gasteiger partial charge in [0.1, 0.15) is 61.0 Å². The Morgan fingerprint density at radius 3 is 1.98 bits per heavy atom. The van der Waals surface area contributed by atoms with E-state index >= 15 is 0 Å². The molecule has 3 saturated heterocycles. The van der Waals surface area contributed by atoms with E-state index in [1.165, 1.54) is 0 Å². The molecule has 1 amide bonds. The lowest BCUT2D eigenvalue weighted by molar-refractivity contribution is -0.365. The molecule has 9 N–H and O–H groups in total. The molecule has 3 rings (SSSR count). The van der Waals surface area contributed by atoms with Crippen LogP contribution in [0.3, 0.4) is 0 Å². The number of amides is 1. The average molecular weight is 656 g/mol. The van der Waals surface area contributed by atoms with Gasteiger partial charge in [-0.2, -0.15) is 0 Å². The zero-order valence-corrected chi connectivity index (χ0v) is 26.0. The number of rotatable bonds is 17. The minimum Gasteiger partial charge on any atom is -0.394 e. The molecule has 0 spiro atoms. The zero-order valence-electron chi connectivity index (χ0n) is 26.0. The fourth-order valence-electron chi connectivity index (χ4n) is 5.69. The van der Waals surface area contributed by atoms with E-state index in [4.69, 9.17) is 28.4 Å². The third-order valence-corrected chi connectivity index (χ3v) is 8.42. The number of aliphatic hydroxyl groups is 8. The lowest BCUT2D eigenvalue weighted by Crippen LogP contribution is -2.68. The first-order chi connectivity index (χ1) is 21.6. The highest BCUT2D eigenvalue weighted by Gasteiger charge is 2.53. The van der Waals surface area contributed by atoms with Crippen LogP contribution in [0.2, 0.25) is 0 Å². The molecular formula is C29H53NO15. The number of hydrogen-bond acceptors (Lipinski definition) is 15. The van der Waals surface area contributed by atoms with Crippen LogP contribution in [-0.2, 0) is 33.2 Å². The van der Waals surface area contributed by atoms with Gasteiger partial charge < -0.3 is 74.6 Å². The van der Waals surface area contributed by atoms with Crippen LogP contribution < -0.4 is 5.32 Å². The highest BCUT2D eigenvalue weighted by molar-refractivity contribution is 5.76. The van der Waals surface area contributed by atoms with Gasteiger partial charge in [0.15, 0.2) is 18.9 Å². The summed E-state index contributed by atoms with van der Waals surface area (Å²) in [5.74, 6) is -0.498. The van der Waals surface area contributed by atoms with Crippen LogP contribution >= 0.6 is 0 Å². The molecule has 0 aromatic rings. The molecule has 0 aromatic carbocycles. The first-order valence-corrected chi connectivity index (χ1v) is 16.0. The Morgan fingerprint density at radius 2 is 1.33 bits per heavy atom. The van der Waals surface area contributed by atoms with Crippen molar-refractivity contribution in [3.8, 4) is 0 Å². The molecule has 3 aliphatic heterocycles. The monoisotopic (exact) mass is 655 g/mol. The first-order valence-electron chi connectivity index (χ1n) is 16.0. The summed E-state index contributed by atoms with van der Waals surface area (Å²) in [5.41, 5.74) is 0. The van der Waals surface area contributed by atoms with E-state index < -0.39 is 112 Å². The summed E-state index contributed by atoms with van der Waals surface area (Å²) < 4.78 is 35.0. The molecule has 3 heterocycles. The maximum atomic E-state index is 12.5. The lowest BCUT2D eigenvalue weighted by Gasteiger charge is -2.48. The van der Waals surface area contributed by atoms with E-state index in [1.54, 1.807) is 6.92 Å². The largest absolute Gasteiger partial charge is 0.394 e. The Labute approximate surface area is 263 Å². The summed E-state index contributed by atoms with van der Waals surface area (Å²) in [5, 5.41) is 85.3. The summed E-state index contributed by atoms with van der Waals surface area (Å²) in [6.07, 6.45) is -12.1. The number of carbonyl (C=O) groups excluding carboxylic acids is 1. The summed E-state index contributed by atoms with van der Waals surface area (Å²) in [6.45, 7) is 2.02. The van der Waals surface area contributed by atoms with Crippen LogP contribution in [0.4, 0.5) is 0 Å². The number of unbranched alkanes of at least 4 members (excludes halogenated alkanes) is 5. The van der Waals surface area contributed by atoms with E-state index in [2.05, 4.69) is 12.2 Å². The maximum absolute atomic E-state index is 12.5. The van der Waals surface area contributed by atoms with Gasteiger partial charge in [-0.05, 0) is 6.42 Å². The van der Waals surface area contributed by atoms with Crippen molar-refractivity contribution < 1.29 is 74.1 Å². The van der Waals surface area contributed by atoms with Crippen LogP contribution in [0.15, 0.2) is 0 Å². The predicted octanol–water partition coefficient (Wildman–Crippen LogP) is -2.63. The molecule has 45 heavy (non-hydrogen) atoms. The van der Waals surface area contributed by atoms with Crippen molar-refractivity contribution in [1.82, 2.24) is 5.32 Å². The summed E-state index contributed by atoms with van der Waals surface area (Å²) in [4.78, 5) is 12.5. The molecule has 0 saturated carbocycles. The van der Waals surface area contributed by atoms with Gasteiger partial charge in [-0.3, -0.25) is 4.79 Å². The van der Waals surface area contributed by atoms with Crippen LogP contribution in [0, 0.1) is 0 Å². The molecule has 0 bridgehead atoms. The van der Waals surface area contributed by atoms with Crippen LogP contribution in [0.5, 0.6) is 0 Å². The van der Waals surface area contributed by atoms with Gasteiger partial charge in [0, 0.05) is 19.4 Å². The van der Waals surface area contributed by atoms with E-state index in [1.807, 2.05) is 0 Å². The van der Waals surface area contributed by atoms with E-state index in [9.17, 15) is 45.6 Å². The van der Waals surface area contributed by atoms with Gasteiger partial charge in [0.05, 0.1) is 25.9 Å². The van der Waals surface area contributed by atoms with Gasteiger partial charge in [-0.25, -0.2) is 0 Å². The number of aliphatic hydroxyl groups excluding tert-OH is 8. The third-order valence-electron chi connectivity index (χ3n) is 8.42. The number of hydrogen-bond donors (Lipinski definition) is 9. The molecule has 3 fully saturated rings. The quantitative estimate of drug-likeness (QED) is 0.0728. The molecule has 0 unspecified atom stereocenters. The fraction of sp³-hybridized carbons (Fsp3) is 0.966. The number of nitrogens with one attached hydrogen (secondary N) is 1. The molecule has 0 radical (unpaired) electrons. The Hall–Kier alpha value is -1.09. The van der Waals surface area contributed by atoms with E-state index in [-0.39, 0.29) is 19.4 Å². The second kappa shape index (κ2) is 19.0. The maximum Gasteiger partial charge on any atom is 0.220 e. The van der Waals surface area contributed by atoms with Crippen molar-refractivity contribution in [2.24, 2.45) is 0 Å². The normalized spacial score (nSPS) is 40.8. The number of ether oxygens (including phenoxy) is 6. The molecule has 3 aliphatic rings. The summed E-state index contributed by atoms with van der Waals surface area (Å²) in [7, 11) is 0. The minimum absolute atomic E-state index is 0.0228. The summed E-state index contributed by atoms with van der Waals surface area (Å²) >= 11 is 0. The molecule has 14 atom stereocenters. The van der Waals surface area contributed by atoms with E-state index in [0.29, 0.717) is 6.42 Å². The molecular weight excluding hydrogens is 602 g/mol. The predicted molar refractivity (Wildman–Crippen MR) is 153 cm³/mol. The van der Waals surface area contributed by atoms with Crippen molar-refractivity contribution in [2.45, 2.75) is 151 Å². The first kappa shape index (κ1) is 38.4. The third kappa shape index (κ3) is 10.2. The summed E-state index contributed by atoms with van der Waals surface area (Å²) in [6, 6.07) is -1.34. The smallest absolute Gasteiger partial charge is 0.220 e. The standard InChI is InChI=1S/C29H53NO15/c1-3-5-6-7-8-9-10-40-29-27(25(39)23(37)17(13-32)42-29)45-28-21(30-19(35)4-2)24(38)26(18(14-33)43-28)44-20-11-15(34)22(36)16(12-31)41-20/h15-18,20-29,31-34,36-39H,3-14H2,1-2H3,(H,30,35)/t15-,16-,17-,18-,20+,21-,22-,23-,24-,25+,26-,27+,28+,29+/m1/s1. The second-order valence-electron chi connectivity index (χ2n) is 11.8. The van der Waals surface area contributed by atoms with Crippen molar-refractivity contribution in [2.75, 3.05) is 26.4 Å². The molecule has 264 valence electrons. The van der Waals surface area contributed by atoms with Crippen molar-refractivity contribution >= 4 is 5.91 Å². The van der Waals surface area contributed by atoms with Gasteiger partial charge in [0.25, 0.3) is 0 Å². The molecule has 0 aliphatic carbocycles. The van der Waals surface area contributed by atoms with Crippen molar-refractivity contribution in [1.29, 1.82) is 0 Å². The average Bonchev–Trinajstić information content (AvgIpc) is 3.03. The highest BCUT2D eigenvalue weighted by Crippen LogP contribution is 2.32. The van der Waals surface area contributed by atoms with Crippen molar-refractivity contribution in [3.63, 3.8) is 0 Å². The second-order valence-corrected chi connectivity index (χ2v) is 11.8. The Balaban J connectivity index is 1.77. The van der Waals surface area contributed by atoms with Crippen LogP contribution in [0.1, 0.15) is 65.2 Å². The lowest BCUT2D eigenvalue weighted by atomic mass is 9.95. The topological polar surface area (TPSA) is 246 Å². The minimum atomic E-state index is -1.63. The van der Waals surface area contributed by atoms with Crippen molar-refractivity contribution in [3.05, 3.63) is 0 Å². The molecule has 16 heteroatoms. The van der Waals surface area contributed by atoms with Gasteiger partial charge in [-0.15, -0.1) is 0 Å². The van der Waals surface area contributed by atoms with Crippen LogP contribution in [0.25, 0.3) is 0 Å². The number of carbonyl (C=O) groups is 1. The van der Waals surface area contributed by atoms with Gasteiger partial charge in [0.2, 0.25) is 5.91 Å². The Morgan fingerprint density at radius 1 is 0.711 bits per heavy atom. The van der Waals surface area contributed by atoms with E-state index in [0.717, 1.165) is 32.1 Å². The highest BCUT2D eigenvalue weighted by atomic mass is 16.8. The van der Waals surface area contributed by atoms with Gasteiger partial charge in [-0.1, -0.05) is 46.0 Å². The SMILES string of the molecule is CCCCCCCCO[C@H]1O[C@H](CO)[C@@H](O)[C@H](O)[C@@H]1O[C@@H]1O[C@H](CO)[C@@H](O[C@H]2C[C@@H](O)[C@@H](O)[C@@H](CO)O2)[C@H](O)[C@H]1NC(=O)CC. The molecule has 0 aromatic heterocycles. The Kier molecular flexibility index (Phi) is 16.2. The Bertz CT molecular complexity index is 857. The van der Waals surface area contributed by atoms with Gasteiger partial charge >= 0.3 is 0 Å². The van der Waals surface area contributed by atoms with Crippen LogP contribution in [-0.4, -0.2) is 159 Å². The molecule has 16 nitrogen and oxygen atoms in total. The fourth-order valence-corrected chi connectivity index (χ4v) is 5.69. The zero-order chi connectivity index (χ0) is 33.1.